The van der Waals surface area contributed by atoms with Crippen LogP contribution in [0.3, 0.4) is 0 Å². The number of aliphatic hydroxyl groups is 1. The lowest BCUT2D eigenvalue weighted by atomic mass is 9.74. The summed E-state index contributed by atoms with van der Waals surface area (Å²) in [6, 6.07) is 0. The molecule has 0 amide bonds. The second-order valence-electron chi connectivity index (χ2n) is 4.53. The zero-order valence-corrected chi connectivity index (χ0v) is 8.76. The van der Waals surface area contributed by atoms with Crippen LogP contribution < -0.4 is 0 Å². The van der Waals surface area contributed by atoms with E-state index in [0.29, 0.717) is 0 Å². The molecule has 0 radical (unpaired) electrons. The lowest BCUT2D eigenvalue weighted by molar-refractivity contribution is -0.197. The standard InChI is InChI=1S/C10H16F4O/c1-5-3-8(11)7(4-9(5)15)6(2)10(12,13)14/h5-9,15H,3-4H2,1-2H3. The van der Waals surface area contributed by atoms with Crippen LogP contribution in [0.1, 0.15) is 26.7 Å². The fourth-order valence-electron chi connectivity index (χ4n) is 2.11. The lowest BCUT2D eigenvalue weighted by Gasteiger charge is -2.37. The van der Waals surface area contributed by atoms with Gasteiger partial charge in [0.1, 0.15) is 6.17 Å². The minimum Gasteiger partial charge on any atom is -0.393 e. The maximum atomic E-state index is 13.4. The number of rotatable bonds is 1. The smallest absolute Gasteiger partial charge is 0.391 e. The van der Waals surface area contributed by atoms with Crippen LogP contribution in [0.4, 0.5) is 17.6 Å². The monoisotopic (exact) mass is 228 g/mol. The van der Waals surface area contributed by atoms with Crippen molar-refractivity contribution in [3.8, 4) is 0 Å². The van der Waals surface area contributed by atoms with Crippen molar-refractivity contribution in [3.63, 3.8) is 0 Å². The van der Waals surface area contributed by atoms with Gasteiger partial charge in [-0.05, 0) is 18.8 Å². The molecule has 5 atom stereocenters. The van der Waals surface area contributed by atoms with Gasteiger partial charge in [-0.1, -0.05) is 13.8 Å². The molecule has 1 N–H and O–H groups in total. The van der Waals surface area contributed by atoms with E-state index in [0.717, 1.165) is 6.92 Å². The molecule has 1 aliphatic rings. The number of alkyl halides is 4. The molecule has 5 heteroatoms. The van der Waals surface area contributed by atoms with Gasteiger partial charge >= 0.3 is 6.18 Å². The molecule has 0 aromatic rings. The quantitative estimate of drug-likeness (QED) is 0.684. The molecular weight excluding hydrogens is 212 g/mol. The van der Waals surface area contributed by atoms with Crippen LogP contribution in [0, 0.1) is 17.8 Å². The van der Waals surface area contributed by atoms with Gasteiger partial charge in [-0.3, -0.25) is 0 Å². The summed E-state index contributed by atoms with van der Waals surface area (Å²) in [4.78, 5) is 0. The van der Waals surface area contributed by atoms with Crippen LogP contribution >= 0.6 is 0 Å². The molecule has 1 nitrogen and oxygen atoms in total. The topological polar surface area (TPSA) is 20.2 Å². The molecule has 1 aliphatic carbocycles. The van der Waals surface area contributed by atoms with Crippen molar-refractivity contribution < 1.29 is 22.7 Å². The Balaban J connectivity index is 2.70. The van der Waals surface area contributed by atoms with Crippen molar-refractivity contribution in [2.45, 2.75) is 45.1 Å². The summed E-state index contributed by atoms with van der Waals surface area (Å²) in [6.45, 7) is 2.64. The second kappa shape index (κ2) is 4.28. The second-order valence-corrected chi connectivity index (χ2v) is 4.53. The molecule has 0 bridgehead atoms. The van der Waals surface area contributed by atoms with E-state index < -0.39 is 30.3 Å². The normalized spacial score (nSPS) is 40.2. The average Bonchev–Trinajstić information content (AvgIpc) is 2.08. The summed E-state index contributed by atoms with van der Waals surface area (Å²) < 4.78 is 50.6. The van der Waals surface area contributed by atoms with E-state index in [1.165, 1.54) is 0 Å². The highest BCUT2D eigenvalue weighted by Crippen LogP contribution is 2.42. The molecule has 0 spiro atoms. The molecule has 1 fully saturated rings. The third-order valence-electron chi connectivity index (χ3n) is 3.39. The van der Waals surface area contributed by atoms with Gasteiger partial charge in [0, 0.05) is 5.92 Å². The van der Waals surface area contributed by atoms with Gasteiger partial charge in [-0.2, -0.15) is 13.2 Å². The van der Waals surface area contributed by atoms with Gasteiger partial charge < -0.3 is 5.11 Å². The van der Waals surface area contributed by atoms with E-state index in [4.69, 9.17) is 0 Å². The SMILES string of the molecule is CC1CC(F)C(C(C)C(F)(F)F)CC1O. The van der Waals surface area contributed by atoms with Gasteiger partial charge in [0.05, 0.1) is 12.0 Å². The Hall–Kier alpha value is -0.320. The van der Waals surface area contributed by atoms with E-state index in [-0.39, 0.29) is 18.8 Å². The molecule has 1 rings (SSSR count). The number of halogens is 4. The Kier molecular flexibility index (Phi) is 3.63. The maximum Gasteiger partial charge on any atom is 0.391 e. The van der Waals surface area contributed by atoms with Crippen molar-refractivity contribution in [2.75, 3.05) is 0 Å². The van der Waals surface area contributed by atoms with Crippen LogP contribution in [-0.4, -0.2) is 23.6 Å². The highest BCUT2D eigenvalue weighted by molar-refractivity contribution is 4.88. The van der Waals surface area contributed by atoms with Gasteiger partial charge in [-0.15, -0.1) is 0 Å². The summed E-state index contributed by atoms with van der Waals surface area (Å²) >= 11 is 0. The molecule has 0 heterocycles. The van der Waals surface area contributed by atoms with E-state index >= 15 is 0 Å². The Morgan fingerprint density at radius 2 is 1.80 bits per heavy atom. The van der Waals surface area contributed by atoms with Crippen molar-refractivity contribution in [3.05, 3.63) is 0 Å². The first kappa shape index (κ1) is 12.7. The van der Waals surface area contributed by atoms with Crippen LogP contribution in [0.2, 0.25) is 0 Å². The molecule has 90 valence electrons. The predicted molar refractivity (Wildman–Crippen MR) is 48.0 cm³/mol. The van der Waals surface area contributed by atoms with E-state index in [1.54, 1.807) is 6.92 Å². The first-order valence-corrected chi connectivity index (χ1v) is 5.12. The Morgan fingerprint density at radius 3 is 2.27 bits per heavy atom. The van der Waals surface area contributed by atoms with Gasteiger partial charge in [0.2, 0.25) is 0 Å². The molecule has 0 saturated heterocycles. The van der Waals surface area contributed by atoms with Crippen LogP contribution in [0.5, 0.6) is 0 Å². The number of hydrogen-bond acceptors (Lipinski definition) is 1. The Bertz CT molecular complexity index is 216. The Morgan fingerprint density at radius 1 is 1.27 bits per heavy atom. The summed E-state index contributed by atoms with van der Waals surface area (Å²) in [5.41, 5.74) is 0. The molecule has 5 unspecified atom stereocenters. The molecular formula is C10H16F4O. The average molecular weight is 228 g/mol. The van der Waals surface area contributed by atoms with E-state index in [9.17, 15) is 22.7 Å². The van der Waals surface area contributed by atoms with E-state index in [2.05, 4.69) is 0 Å². The van der Waals surface area contributed by atoms with Crippen molar-refractivity contribution in [2.24, 2.45) is 17.8 Å². The van der Waals surface area contributed by atoms with Gasteiger partial charge in [0.25, 0.3) is 0 Å². The minimum absolute atomic E-state index is 0.0201. The maximum absolute atomic E-state index is 13.4. The Labute approximate surface area is 86.5 Å². The first-order chi connectivity index (χ1) is 6.73. The van der Waals surface area contributed by atoms with Crippen LogP contribution in [0.25, 0.3) is 0 Å². The third kappa shape index (κ3) is 2.83. The summed E-state index contributed by atoms with van der Waals surface area (Å²) in [6.07, 6.45) is -6.73. The largest absolute Gasteiger partial charge is 0.393 e. The molecule has 1 saturated carbocycles. The number of hydrogen-bond donors (Lipinski definition) is 1. The predicted octanol–water partition coefficient (Wildman–Crippen LogP) is 2.93. The van der Waals surface area contributed by atoms with Crippen molar-refractivity contribution >= 4 is 0 Å². The lowest BCUT2D eigenvalue weighted by Crippen LogP contribution is -2.42. The fraction of sp³-hybridized carbons (Fsp3) is 1.00. The fourth-order valence-corrected chi connectivity index (χ4v) is 2.11. The minimum atomic E-state index is -4.38. The highest BCUT2D eigenvalue weighted by atomic mass is 19.4. The number of aliphatic hydroxyl groups excluding tert-OH is 1. The summed E-state index contributed by atoms with van der Waals surface area (Å²) in [5, 5.41) is 9.45. The molecule has 0 aromatic heterocycles. The molecule has 0 aromatic carbocycles. The van der Waals surface area contributed by atoms with Crippen molar-refractivity contribution in [1.29, 1.82) is 0 Å². The zero-order chi connectivity index (χ0) is 11.8. The van der Waals surface area contributed by atoms with Crippen LogP contribution in [-0.2, 0) is 0 Å². The molecule has 15 heavy (non-hydrogen) atoms. The highest BCUT2D eigenvalue weighted by Gasteiger charge is 2.47. The van der Waals surface area contributed by atoms with Crippen LogP contribution in [0.15, 0.2) is 0 Å². The summed E-state index contributed by atoms with van der Waals surface area (Å²) in [5.74, 6) is -3.04. The first-order valence-electron chi connectivity index (χ1n) is 5.12. The van der Waals surface area contributed by atoms with E-state index in [1.807, 2.05) is 0 Å². The third-order valence-corrected chi connectivity index (χ3v) is 3.39. The molecule has 0 aliphatic heterocycles. The van der Waals surface area contributed by atoms with Crippen molar-refractivity contribution in [1.82, 2.24) is 0 Å². The zero-order valence-electron chi connectivity index (χ0n) is 8.76. The van der Waals surface area contributed by atoms with Gasteiger partial charge in [0.15, 0.2) is 0 Å². The van der Waals surface area contributed by atoms with Gasteiger partial charge in [-0.25, -0.2) is 4.39 Å². The summed E-state index contributed by atoms with van der Waals surface area (Å²) in [7, 11) is 0.